The smallest absolute Gasteiger partial charge is 0.0109 e. The van der Waals surface area contributed by atoms with Crippen LogP contribution in [0.1, 0.15) is 33.1 Å². The average Bonchev–Trinajstić information content (AvgIpc) is 2.14. The number of nitrogens with one attached hydrogen (secondary N) is 1. The summed E-state index contributed by atoms with van der Waals surface area (Å²) in [5.41, 5.74) is 5.90. The summed E-state index contributed by atoms with van der Waals surface area (Å²) in [7, 11) is 2.21. The predicted octanol–water partition coefficient (Wildman–Crippen LogP) is 1.05. The molecule has 0 unspecified atom stereocenters. The minimum atomic E-state index is -0.0280. The summed E-state index contributed by atoms with van der Waals surface area (Å²) in [5.74, 6) is 0.877. The molecule has 3 nitrogen and oxygen atoms in total. The fourth-order valence-electron chi connectivity index (χ4n) is 1.98. The van der Waals surface area contributed by atoms with Crippen molar-refractivity contribution in [3.05, 3.63) is 0 Å². The number of hydrogen-bond acceptors (Lipinski definition) is 3. The van der Waals surface area contributed by atoms with Gasteiger partial charge >= 0.3 is 0 Å². The number of likely N-dealkylation sites (tertiary alicyclic amines) is 1. The number of piperidine rings is 1. The van der Waals surface area contributed by atoms with Crippen LogP contribution in [0.2, 0.25) is 0 Å². The minimum absolute atomic E-state index is 0.0280. The molecule has 0 spiro atoms. The van der Waals surface area contributed by atoms with Crippen LogP contribution in [0.3, 0.4) is 0 Å². The Kier molecular flexibility index (Phi) is 5.03. The van der Waals surface area contributed by atoms with Crippen LogP contribution < -0.4 is 11.1 Å². The van der Waals surface area contributed by atoms with Crippen molar-refractivity contribution < 1.29 is 0 Å². The van der Waals surface area contributed by atoms with Gasteiger partial charge in [-0.15, -0.1) is 0 Å². The van der Waals surface area contributed by atoms with Gasteiger partial charge in [0.05, 0.1) is 0 Å². The van der Waals surface area contributed by atoms with Crippen LogP contribution in [0.15, 0.2) is 0 Å². The van der Waals surface area contributed by atoms with Gasteiger partial charge in [-0.1, -0.05) is 0 Å². The molecule has 1 saturated heterocycles. The molecule has 0 radical (unpaired) electrons. The Morgan fingerprint density at radius 3 is 2.47 bits per heavy atom. The van der Waals surface area contributed by atoms with E-state index in [1.165, 1.54) is 32.5 Å². The fraction of sp³-hybridized carbons (Fsp3) is 1.00. The number of nitrogens with two attached hydrogens (primary N) is 1. The zero-order chi connectivity index (χ0) is 11.3. The Balaban J connectivity index is 2.01. The molecule has 3 N–H and O–H groups in total. The SMILES string of the molecule is CN1CCC(CNCCC(C)(C)N)CC1. The van der Waals surface area contributed by atoms with E-state index in [2.05, 4.69) is 31.1 Å². The highest BCUT2D eigenvalue weighted by Crippen LogP contribution is 2.14. The third-order valence-corrected chi connectivity index (χ3v) is 3.22. The van der Waals surface area contributed by atoms with Gasteiger partial charge in [-0.2, -0.15) is 0 Å². The second kappa shape index (κ2) is 5.83. The lowest BCUT2D eigenvalue weighted by molar-refractivity contribution is 0.215. The molecule has 0 amide bonds. The van der Waals surface area contributed by atoms with E-state index in [1.54, 1.807) is 0 Å². The number of hydrogen-bond donors (Lipinski definition) is 2. The van der Waals surface area contributed by atoms with E-state index < -0.39 is 0 Å². The summed E-state index contributed by atoms with van der Waals surface area (Å²) in [5, 5.41) is 3.53. The van der Waals surface area contributed by atoms with Crippen molar-refractivity contribution >= 4 is 0 Å². The van der Waals surface area contributed by atoms with E-state index in [9.17, 15) is 0 Å². The maximum Gasteiger partial charge on any atom is 0.0109 e. The molecular formula is C12H27N3. The number of rotatable bonds is 5. The van der Waals surface area contributed by atoms with Crippen LogP contribution in [-0.2, 0) is 0 Å². The summed E-state index contributed by atoms with van der Waals surface area (Å²) in [6.07, 6.45) is 3.74. The summed E-state index contributed by atoms with van der Waals surface area (Å²) in [6, 6.07) is 0. The molecule has 0 atom stereocenters. The summed E-state index contributed by atoms with van der Waals surface area (Å²) in [6.45, 7) is 8.91. The second-order valence-electron chi connectivity index (χ2n) is 5.69. The first-order valence-corrected chi connectivity index (χ1v) is 6.15. The monoisotopic (exact) mass is 213 g/mol. The molecule has 1 heterocycles. The van der Waals surface area contributed by atoms with Crippen LogP contribution in [0.4, 0.5) is 0 Å². The van der Waals surface area contributed by atoms with Gasteiger partial charge in [0.2, 0.25) is 0 Å². The quantitative estimate of drug-likeness (QED) is 0.671. The highest BCUT2D eigenvalue weighted by atomic mass is 15.1. The van der Waals surface area contributed by atoms with Crippen molar-refractivity contribution in [2.24, 2.45) is 11.7 Å². The average molecular weight is 213 g/mol. The Morgan fingerprint density at radius 1 is 1.33 bits per heavy atom. The first-order valence-electron chi connectivity index (χ1n) is 6.15. The van der Waals surface area contributed by atoms with Crippen LogP contribution in [0.25, 0.3) is 0 Å². The zero-order valence-corrected chi connectivity index (χ0v) is 10.6. The molecular weight excluding hydrogens is 186 g/mol. The normalized spacial score (nSPS) is 20.8. The largest absolute Gasteiger partial charge is 0.326 e. The first-order chi connectivity index (χ1) is 6.97. The van der Waals surface area contributed by atoms with E-state index >= 15 is 0 Å². The van der Waals surface area contributed by atoms with E-state index in [4.69, 9.17) is 5.73 Å². The molecule has 0 aromatic rings. The lowest BCUT2D eigenvalue weighted by atomic mass is 9.97. The molecule has 1 aliphatic heterocycles. The molecule has 0 bridgehead atoms. The fourth-order valence-corrected chi connectivity index (χ4v) is 1.98. The molecule has 1 aliphatic rings. The van der Waals surface area contributed by atoms with Crippen molar-refractivity contribution in [1.82, 2.24) is 10.2 Å². The predicted molar refractivity (Wildman–Crippen MR) is 66.0 cm³/mol. The van der Waals surface area contributed by atoms with Crippen LogP contribution in [0.5, 0.6) is 0 Å². The third-order valence-electron chi connectivity index (χ3n) is 3.22. The summed E-state index contributed by atoms with van der Waals surface area (Å²) < 4.78 is 0. The van der Waals surface area contributed by atoms with Gasteiger partial charge in [0.25, 0.3) is 0 Å². The Bertz CT molecular complexity index is 166. The van der Waals surface area contributed by atoms with Gasteiger partial charge in [0, 0.05) is 5.54 Å². The van der Waals surface area contributed by atoms with Gasteiger partial charge < -0.3 is 16.0 Å². The lowest BCUT2D eigenvalue weighted by Gasteiger charge is -2.29. The standard InChI is InChI=1S/C12H27N3/c1-12(2,13)6-7-14-10-11-4-8-15(3)9-5-11/h11,14H,4-10,13H2,1-3H3. The molecule has 1 rings (SSSR count). The van der Waals surface area contributed by atoms with Gasteiger partial charge in [-0.05, 0) is 72.3 Å². The maximum atomic E-state index is 5.93. The van der Waals surface area contributed by atoms with E-state index in [0.29, 0.717) is 0 Å². The van der Waals surface area contributed by atoms with Crippen LogP contribution in [-0.4, -0.2) is 43.7 Å². The van der Waals surface area contributed by atoms with Gasteiger partial charge in [-0.25, -0.2) is 0 Å². The van der Waals surface area contributed by atoms with Crippen molar-refractivity contribution in [3.63, 3.8) is 0 Å². The minimum Gasteiger partial charge on any atom is -0.326 e. The van der Waals surface area contributed by atoms with Crippen LogP contribution in [0, 0.1) is 5.92 Å². The Morgan fingerprint density at radius 2 is 1.93 bits per heavy atom. The molecule has 3 heteroatoms. The molecule has 1 fully saturated rings. The molecule has 15 heavy (non-hydrogen) atoms. The highest BCUT2D eigenvalue weighted by molar-refractivity contribution is 4.75. The van der Waals surface area contributed by atoms with Crippen LogP contribution >= 0.6 is 0 Å². The second-order valence-corrected chi connectivity index (χ2v) is 5.69. The van der Waals surface area contributed by atoms with Gasteiger partial charge in [0.15, 0.2) is 0 Å². The van der Waals surface area contributed by atoms with E-state index in [-0.39, 0.29) is 5.54 Å². The molecule has 0 aromatic carbocycles. The number of nitrogens with zero attached hydrogens (tertiary/aromatic N) is 1. The van der Waals surface area contributed by atoms with E-state index in [0.717, 1.165) is 18.9 Å². The molecule has 0 aliphatic carbocycles. The van der Waals surface area contributed by atoms with Gasteiger partial charge in [-0.3, -0.25) is 0 Å². The Hall–Kier alpha value is -0.120. The third kappa shape index (κ3) is 6.13. The first kappa shape index (κ1) is 12.9. The highest BCUT2D eigenvalue weighted by Gasteiger charge is 2.16. The van der Waals surface area contributed by atoms with Gasteiger partial charge in [0.1, 0.15) is 0 Å². The van der Waals surface area contributed by atoms with Crippen molar-refractivity contribution in [3.8, 4) is 0 Å². The zero-order valence-electron chi connectivity index (χ0n) is 10.6. The summed E-state index contributed by atoms with van der Waals surface area (Å²) in [4.78, 5) is 2.42. The summed E-state index contributed by atoms with van der Waals surface area (Å²) >= 11 is 0. The molecule has 90 valence electrons. The molecule has 0 saturated carbocycles. The van der Waals surface area contributed by atoms with Crippen molar-refractivity contribution in [1.29, 1.82) is 0 Å². The van der Waals surface area contributed by atoms with Crippen molar-refractivity contribution in [2.75, 3.05) is 33.2 Å². The Labute approximate surface area is 94.4 Å². The molecule has 0 aromatic heterocycles. The maximum absolute atomic E-state index is 5.93. The van der Waals surface area contributed by atoms with E-state index in [1.807, 2.05) is 0 Å². The topological polar surface area (TPSA) is 41.3 Å². The van der Waals surface area contributed by atoms with Crippen molar-refractivity contribution in [2.45, 2.75) is 38.6 Å². The lowest BCUT2D eigenvalue weighted by Crippen LogP contribution is -2.38.